The van der Waals surface area contributed by atoms with Crippen LogP contribution >= 0.6 is 0 Å². The number of hydrogen-bond donors (Lipinski definition) is 1. The van der Waals surface area contributed by atoms with E-state index in [2.05, 4.69) is 72.3 Å². The van der Waals surface area contributed by atoms with Gasteiger partial charge >= 0.3 is 0 Å². The molecule has 1 aromatic heterocycles. The second kappa shape index (κ2) is 7.28. The van der Waals surface area contributed by atoms with E-state index in [0.29, 0.717) is 5.92 Å². The lowest BCUT2D eigenvalue weighted by Gasteiger charge is -2.19. The molecule has 0 radical (unpaired) electrons. The van der Waals surface area contributed by atoms with Gasteiger partial charge in [-0.3, -0.25) is 0 Å². The van der Waals surface area contributed by atoms with Crippen molar-refractivity contribution >= 4 is 0 Å². The van der Waals surface area contributed by atoms with Gasteiger partial charge in [-0.15, -0.1) is 0 Å². The molecule has 0 spiro atoms. The third-order valence-corrected chi connectivity index (χ3v) is 4.33. The summed E-state index contributed by atoms with van der Waals surface area (Å²) in [6, 6.07) is 17.8. The highest BCUT2D eigenvalue weighted by Crippen LogP contribution is 2.31. The molecule has 3 rings (SSSR count). The SMILES string of the molecule is Cc1cc(C)cc(C(CCCc2c[nH]cn2)c2ccccc2)c1. The Kier molecular flexibility index (Phi) is 4.92. The van der Waals surface area contributed by atoms with E-state index in [0.717, 1.165) is 25.0 Å². The molecule has 0 aliphatic heterocycles. The van der Waals surface area contributed by atoms with E-state index in [1.807, 2.05) is 6.20 Å². The fourth-order valence-corrected chi connectivity index (χ4v) is 3.34. The first-order chi connectivity index (χ1) is 11.2. The van der Waals surface area contributed by atoms with Crippen molar-refractivity contribution in [3.05, 3.63) is 89.0 Å². The first kappa shape index (κ1) is 15.5. The van der Waals surface area contributed by atoms with E-state index in [1.54, 1.807) is 6.33 Å². The number of rotatable bonds is 6. The predicted octanol–water partition coefficient (Wildman–Crippen LogP) is 5.18. The van der Waals surface area contributed by atoms with Crippen molar-refractivity contribution < 1.29 is 0 Å². The Morgan fingerprint density at radius 1 is 0.957 bits per heavy atom. The van der Waals surface area contributed by atoms with E-state index in [9.17, 15) is 0 Å². The number of nitrogens with zero attached hydrogens (tertiary/aromatic N) is 1. The zero-order valence-corrected chi connectivity index (χ0v) is 13.9. The average molecular weight is 304 g/mol. The van der Waals surface area contributed by atoms with Crippen LogP contribution < -0.4 is 0 Å². The van der Waals surface area contributed by atoms with E-state index in [-0.39, 0.29) is 0 Å². The lowest BCUT2D eigenvalue weighted by Crippen LogP contribution is -2.03. The standard InChI is InChI=1S/C21H24N2/c1-16-11-17(2)13-19(12-16)21(18-7-4-3-5-8-18)10-6-9-20-14-22-15-23-20/h3-5,7-8,11-15,21H,6,9-10H2,1-2H3,(H,22,23). The zero-order valence-electron chi connectivity index (χ0n) is 13.9. The molecular formula is C21H24N2. The van der Waals surface area contributed by atoms with Crippen LogP contribution in [0, 0.1) is 13.8 Å². The van der Waals surface area contributed by atoms with Crippen molar-refractivity contribution in [1.29, 1.82) is 0 Å². The van der Waals surface area contributed by atoms with Crippen molar-refractivity contribution in [2.45, 2.75) is 39.0 Å². The number of H-pyrrole nitrogens is 1. The molecule has 2 nitrogen and oxygen atoms in total. The van der Waals surface area contributed by atoms with E-state index < -0.39 is 0 Å². The third kappa shape index (κ3) is 4.10. The van der Waals surface area contributed by atoms with Crippen LogP contribution in [0.25, 0.3) is 0 Å². The van der Waals surface area contributed by atoms with Gasteiger partial charge in [-0.2, -0.15) is 0 Å². The van der Waals surface area contributed by atoms with Crippen molar-refractivity contribution in [1.82, 2.24) is 9.97 Å². The number of imidazole rings is 1. The van der Waals surface area contributed by atoms with Gasteiger partial charge in [0.25, 0.3) is 0 Å². The summed E-state index contributed by atoms with van der Waals surface area (Å²) < 4.78 is 0. The number of benzene rings is 2. The van der Waals surface area contributed by atoms with Gasteiger partial charge in [0.05, 0.1) is 12.0 Å². The molecule has 0 saturated carbocycles. The molecule has 0 saturated heterocycles. The van der Waals surface area contributed by atoms with Crippen LogP contribution in [-0.2, 0) is 6.42 Å². The number of aryl methyl sites for hydroxylation is 3. The first-order valence-electron chi connectivity index (χ1n) is 8.33. The molecule has 23 heavy (non-hydrogen) atoms. The van der Waals surface area contributed by atoms with Gasteiger partial charge in [0.2, 0.25) is 0 Å². The van der Waals surface area contributed by atoms with Crippen LogP contribution in [0.5, 0.6) is 0 Å². The maximum absolute atomic E-state index is 4.33. The number of hydrogen-bond acceptors (Lipinski definition) is 1. The average Bonchev–Trinajstić information content (AvgIpc) is 3.05. The second-order valence-electron chi connectivity index (χ2n) is 6.34. The van der Waals surface area contributed by atoms with Crippen LogP contribution in [0.3, 0.4) is 0 Å². The summed E-state index contributed by atoms with van der Waals surface area (Å²) in [7, 11) is 0. The smallest absolute Gasteiger partial charge is 0.0923 e. The summed E-state index contributed by atoms with van der Waals surface area (Å²) in [6.45, 7) is 4.37. The molecule has 118 valence electrons. The van der Waals surface area contributed by atoms with Gasteiger partial charge in [0, 0.05) is 12.1 Å². The van der Waals surface area contributed by atoms with Gasteiger partial charge in [-0.1, -0.05) is 59.7 Å². The summed E-state index contributed by atoms with van der Waals surface area (Å²) in [6.07, 6.45) is 7.05. The molecule has 0 bridgehead atoms. The molecule has 2 aromatic carbocycles. The predicted molar refractivity (Wildman–Crippen MR) is 95.7 cm³/mol. The van der Waals surface area contributed by atoms with E-state index >= 15 is 0 Å². The molecule has 3 aromatic rings. The molecular weight excluding hydrogens is 280 g/mol. The Morgan fingerprint density at radius 2 is 1.70 bits per heavy atom. The zero-order chi connectivity index (χ0) is 16.1. The van der Waals surface area contributed by atoms with Crippen LogP contribution in [0.4, 0.5) is 0 Å². The Bertz CT molecular complexity index is 710. The fourth-order valence-electron chi connectivity index (χ4n) is 3.34. The Balaban J connectivity index is 1.81. The molecule has 1 N–H and O–H groups in total. The molecule has 0 fully saturated rings. The Hall–Kier alpha value is -2.35. The van der Waals surface area contributed by atoms with Gasteiger partial charge in [0.15, 0.2) is 0 Å². The Morgan fingerprint density at radius 3 is 2.35 bits per heavy atom. The maximum Gasteiger partial charge on any atom is 0.0923 e. The van der Waals surface area contributed by atoms with Crippen molar-refractivity contribution in [2.75, 3.05) is 0 Å². The minimum absolute atomic E-state index is 0.453. The normalized spacial score (nSPS) is 12.3. The van der Waals surface area contributed by atoms with Gasteiger partial charge in [-0.05, 0) is 44.2 Å². The molecule has 1 atom stereocenters. The highest BCUT2D eigenvalue weighted by molar-refractivity contribution is 5.37. The second-order valence-corrected chi connectivity index (χ2v) is 6.34. The van der Waals surface area contributed by atoms with Crippen LogP contribution in [-0.4, -0.2) is 9.97 Å². The first-order valence-corrected chi connectivity index (χ1v) is 8.33. The number of aromatic amines is 1. The summed E-state index contributed by atoms with van der Waals surface area (Å²) in [5.41, 5.74) is 6.66. The van der Waals surface area contributed by atoms with Crippen LogP contribution in [0.15, 0.2) is 61.1 Å². The highest BCUT2D eigenvalue weighted by atomic mass is 14.9. The minimum atomic E-state index is 0.453. The lowest BCUT2D eigenvalue weighted by molar-refractivity contribution is 0.655. The van der Waals surface area contributed by atoms with Gasteiger partial charge < -0.3 is 4.98 Å². The topological polar surface area (TPSA) is 28.7 Å². The van der Waals surface area contributed by atoms with Gasteiger partial charge in [0.1, 0.15) is 0 Å². The van der Waals surface area contributed by atoms with E-state index in [1.165, 1.54) is 22.3 Å². The van der Waals surface area contributed by atoms with E-state index in [4.69, 9.17) is 0 Å². The van der Waals surface area contributed by atoms with Crippen molar-refractivity contribution in [3.63, 3.8) is 0 Å². The number of nitrogens with one attached hydrogen (secondary N) is 1. The fraction of sp³-hybridized carbons (Fsp3) is 0.286. The maximum atomic E-state index is 4.33. The molecule has 0 amide bonds. The summed E-state index contributed by atoms with van der Waals surface area (Å²) in [5.74, 6) is 0.453. The monoisotopic (exact) mass is 304 g/mol. The largest absolute Gasteiger partial charge is 0.351 e. The quantitative estimate of drug-likeness (QED) is 0.667. The van der Waals surface area contributed by atoms with Crippen molar-refractivity contribution in [2.24, 2.45) is 0 Å². The van der Waals surface area contributed by atoms with Crippen LogP contribution in [0.2, 0.25) is 0 Å². The lowest BCUT2D eigenvalue weighted by atomic mass is 9.85. The molecule has 0 aliphatic rings. The summed E-state index contributed by atoms with van der Waals surface area (Å²) in [5, 5.41) is 0. The van der Waals surface area contributed by atoms with Crippen LogP contribution in [0.1, 0.15) is 46.7 Å². The van der Waals surface area contributed by atoms with Gasteiger partial charge in [-0.25, -0.2) is 4.98 Å². The molecule has 1 heterocycles. The summed E-state index contributed by atoms with van der Waals surface area (Å²) >= 11 is 0. The van der Waals surface area contributed by atoms with Crippen molar-refractivity contribution in [3.8, 4) is 0 Å². The third-order valence-electron chi connectivity index (χ3n) is 4.33. The molecule has 2 heteroatoms. The summed E-state index contributed by atoms with van der Waals surface area (Å²) in [4.78, 5) is 7.37. The highest BCUT2D eigenvalue weighted by Gasteiger charge is 2.14. The number of aromatic nitrogens is 2. The molecule has 0 aliphatic carbocycles. The Labute approximate surface area is 138 Å². The minimum Gasteiger partial charge on any atom is -0.351 e. The molecule has 1 unspecified atom stereocenters.